The molecule has 3 heteroatoms. The number of rotatable bonds is 3. The van der Waals surface area contributed by atoms with Gasteiger partial charge in [-0.25, -0.2) is 0 Å². The van der Waals surface area contributed by atoms with Gasteiger partial charge in [0.2, 0.25) is 5.91 Å². The molecule has 0 spiro atoms. The van der Waals surface area contributed by atoms with E-state index in [0.717, 1.165) is 16.0 Å². The van der Waals surface area contributed by atoms with Crippen LogP contribution in [0.2, 0.25) is 0 Å². The molecule has 0 saturated carbocycles. The molecule has 1 amide bonds. The molecule has 2 aromatic rings. The summed E-state index contributed by atoms with van der Waals surface area (Å²) in [6.07, 6.45) is 1.99. The molecule has 0 atom stereocenters. The predicted octanol–water partition coefficient (Wildman–Crippen LogP) is 3.17. The van der Waals surface area contributed by atoms with Gasteiger partial charge in [-0.3, -0.25) is 4.79 Å². The van der Waals surface area contributed by atoms with Crippen LogP contribution < -0.4 is 5.73 Å². The zero-order valence-electron chi connectivity index (χ0n) is 9.51. The summed E-state index contributed by atoms with van der Waals surface area (Å²) in [5.41, 5.74) is 8.10. The summed E-state index contributed by atoms with van der Waals surface area (Å²) in [5, 5.41) is 0. The topological polar surface area (TPSA) is 43.1 Å². The Kier molecular flexibility index (Phi) is 3.49. The van der Waals surface area contributed by atoms with E-state index in [-0.39, 0.29) is 5.91 Å². The van der Waals surface area contributed by atoms with Gasteiger partial charge in [-0.15, -0.1) is 11.8 Å². The van der Waals surface area contributed by atoms with Crippen molar-refractivity contribution in [2.24, 2.45) is 5.73 Å². The van der Waals surface area contributed by atoms with E-state index in [1.54, 1.807) is 17.8 Å². The van der Waals surface area contributed by atoms with Crippen molar-refractivity contribution in [3.8, 4) is 11.1 Å². The van der Waals surface area contributed by atoms with E-state index in [9.17, 15) is 4.79 Å². The predicted molar refractivity (Wildman–Crippen MR) is 72.2 cm³/mol. The molecule has 0 heterocycles. The molecule has 2 aromatic carbocycles. The number of nitrogens with two attached hydrogens (primary N) is 1. The quantitative estimate of drug-likeness (QED) is 0.841. The first-order chi connectivity index (χ1) is 8.22. The average Bonchev–Trinajstić information content (AvgIpc) is 2.39. The summed E-state index contributed by atoms with van der Waals surface area (Å²) >= 11 is 1.61. The van der Waals surface area contributed by atoms with Gasteiger partial charge in [0.15, 0.2) is 0 Å². The lowest BCUT2D eigenvalue weighted by atomic mass is 10.0. The Hall–Kier alpha value is -1.74. The molecule has 0 fully saturated rings. The van der Waals surface area contributed by atoms with E-state index >= 15 is 0 Å². The van der Waals surface area contributed by atoms with Crippen LogP contribution >= 0.6 is 11.8 Å². The Balaban J connectivity index is 2.52. The maximum atomic E-state index is 11.1. The third kappa shape index (κ3) is 2.50. The maximum Gasteiger partial charge on any atom is 0.248 e. The van der Waals surface area contributed by atoms with Gasteiger partial charge in [0.1, 0.15) is 0 Å². The van der Waals surface area contributed by atoms with E-state index in [2.05, 4.69) is 12.1 Å². The molecule has 0 aromatic heterocycles. The summed E-state index contributed by atoms with van der Waals surface area (Å²) in [6, 6.07) is 15.7. The van der Waals surface area contributed by atoms with Crippen LogP contribution in [0.5, 0.6) is 0 Å². The third-order valence-electron chi connectivity index (χ3n) is 2.57. The number of amides is 1. The van der Waals surface area contributed by atoms with Gasteiger partial charge in [-0.05, 0) is 29.5 Å². The van der Waals surface area contributed by atoms with E-state index < -0.39 is 0 Å². The number of hydrogen-bond donors (Lipinski definition) is 1. The van der Waals surface area contributed by atoms with Crippen LogP contribution in [0.25, 0.3) is 11.1 Å². The molecule has 0 unspecified atom stereocenters. The second kappa shape index (κ2) is 5.06. The number of carbonyl (C=O) groups excluding carboxylic acids is 1. The number of benzene rings is 2. The van der Waals surface area contributed by atoms with Crippen molar-refractivity contribution in [1.82, 2.24) is 0 Å². The molecule has 0 radical (unpaired) electrons. The fourth-order valence-electron chi connectivity index (χ4n) is 1.70. The Morgan fingerprint density at radius 2 is 1.82 bits per heavy atom. The van der Waals surface area contributed by atoms with Crippen LogP contribution in [0.3, 0.4) is 0 Å². The molecule has 2 rings (SSSR count). The van der Waals surface area contributed by atoms with Crippen LogP contribution in [-0.2, 0) is 0 Å². The lowest BCUT2D eigenvalue weighted by molar-refractivity contribution is 0.1000. The summed E-state index contributed by atoms with van der Waals surface area (Å²) < 4.78 is 0. The number of carbonyl (C=O) groups is 1. The molecule has 0 aliphatic rings. The van der Waals surface area contributed by atoms with Crippen molar-refractivity contribution < 1.29 is 4.79 Å². The minimum atomic E-state index is -0.389. The van der Waals surface area contributed by atoms with Crippen LogP contribution in [-0.4, -0.2) is 12.2 Å². The summed E-state index contributed by atoms with van der Waals surface area (Å²) in [7, 11) is 0. The van der Waals surface area contributed by atoms with E-state index in [1.165, 1.54) is 0 Å². The first kappa shape index (κ1) is 11.7. The minimum Gasteiger partial charge on any atom is -0.366 e. The van der Waals surface area contributed by atoms with Crippen molar-refractivity contribution in [3.63, 3.8) is 0 Å². The lowest BCUT2D eigenvalue weighted by Gasteiger charge is -2.08. The highest BCUT2D eigenvalue weighted by atomic mass is 32.2. The molecule has 0 bridgehead atoms. The second-order valence-electron chi connectivity index (χ2n) is 3.65. The molecular weight excluding hydrogens is 230 g/mol. The SMILES string of the molecule is CSc1cc(C(N)=O)ccc1-c1ccccc1. The van der Waals surface area contributed by atoms with Gasteiger partial charge in [-0.2, -0.15) is 0 Å². The smallest absolute Gasteiger partial charge is 0.248 e. The maximum absolute atomic E-state index is 11.1. The normalized spacial score (nSPS) is 10.2. The zero-order valence-corrected chi connectivity index (χ0v) is 10.3. The molecule has 0 aliphatic carbocycles. The first-order valence-electron chi connectivity index (χ1n) is 5.25. The Morgan fingerprint density at radius 3 is 2.41 bits per heavy atom. The second-order valence-corrected chi connectivity index (χ2v) is 4.49. The highest BCUT2D eigenvalue weighted by Crippen LogP contribution is 2.30. The number of thioether (sulfide) groups is 1. The van der Waals surface area contributed by atoms with Gasteiger partial charge in [-0.1, -0.05) is 36.4 Å². The Bertz CT molecular complexity index is 537. The molecular formula is C14H13NOS. The van der Waals surface area contributed by atoms with Crippen molar-refractivity contribution >= 4 is 17.7 Å². The monoisotopic (exact) mass is 243 g/mol. The van der Waals surface area contributed by atoms with Gasteiger partial charge in [0, 0.05) is 10.5 Å². The molecule has 2 N–H and O–H groups in total. The molecule has 17 heavy (non-hydrogen) atoms. The number of hydrogen-bond acceptors (Lipinski definition) is 2. The van der Waals surface area contributed by atoms with E-state index in [0.29, 0.717) is 5.56 Å². The first-order valence-corrected chi connectivity index (χ1v) is 6.48. The van der Waals surface area contributed by atoms with Crippen molar-refractivity contribution in [2.75, 3.05) is 6.26 Å². The highest BCUT2D eigenvalue weighted by molar-refractivity contribution is 7.98. The molecule has 2 nitrogen and oxygen atoms in total. The Labute approximate surface area is 105 Å². The fraction of sp³-hybridized carbons (Fsp3) is 0.0714. The fourth-order valence-corrected chi connectivity index (χ4v) is 2.35. The lowest BCUT2D eigenvalue weighted by Crippen LogP contribution is -2.10. The van der Waals surface area contributed by atoms with Crippen molar-refractivity contribution in [1.29, 1.82) is 0 Å². The zero-order chi connectivity index (χ0) is 12.3. The van der Waals surface area contributed by atoms with Crippen LogP contribution in [0.4, 0.5) is 0 Å². The minimum absolute atomic E-state index is 0.389. The summed E-state index contributed by atoms with van der Waals surface area (Å²) in [6.45, 7) is 0. The Morgan fingerprint density at radius 1 is 1.12 bits per heavy atom. The highest BCUT2D eigenvalue weighted by Gasteiger charge is 2.07. The molecule has 86 valence electrons. The van der Waals surface area contributed by atoms with Crippen molar-refractivity contribution in [2.45, 2.75) is 4.90 Å². The van der Waals surface area contributed by atoms with Gasteiger partial charge >= 0.3 is 0 Å². The van der Waals surface area contributed by atoms with Gasteiger partial charge < -0.3 is 5.73 Å². The van der Waals surface area contributed by atoms with Crippen molar-refractivity contribution in [3.05, 3.63) is 54.1 Å². The summed E-state index contributed by atoms with van der Waals surface area (Å²) in [5.74, 6) is -0.389. The molecule has 0 saturated heterocycles. The number of primary amides is 1. The average molecular weight is 243 g/mol. The molecule has 0 aliphatic heterocycles. The third-order valence-corrected chi connectivity index (χ3v) is 3.35. The van der Waals surface area contributed by atoms with Crippen LogP contribution in [0.1, 0.15) is 10.4 Å². The van der Waals surface area contributed by atoms with Gasteiger partial charge in [0.05, 0.1) is 0 Å². The van der Waals surface area contributed by atoms with Gasteiger partial charge in [0.25, 0.3) is 0 Å². The van der Waals surface area contributed by atoms with Crippen LogP contribution in [0, 0.1) is 0 Å². The van der Waals surface area contributed by atoms with E-state index in [4.69, 9.17) is 5.73 Å². The van der Waals surface area contributed by atoms with E-state index in [1.807, 2.05) is 36.6 Å². The largest absolute Gasteiger partial charge is 0.366 e. The summed E-state index contributed by atoms with van der Waals surface area (Å²) in [4.78, 5) is 12.2. The standard InChI is InChI=1S/C14H13NOS/c1-17-13-9-11(14(15)16)7-8-12(13)10-5-3-2-4-6-10/h2-9H,1H3,(H2,15,16). The van der Waals surface area contributed by atoms with Crippen LogP contribution in [0.15, 0.2) is 53.4 Å².